The molecule has 0 rings (SSSR count). The molecular weight excluding hydrogens is 202 g/mol. The number of methoxy groups -OCH3 is 2. The first-order chi connectivity index (χ1) is 7.28. The normalized spacial score (nSPS) is 15.5. The third-order valence-electron chi connectivity index (χ3n) is 1.50. The molecule has 0 bridgehead atoms. The van der Waals surface area contributed by atoms with Crippen LogP contribution in [-0.4, -0.2) is 57.8 Å². The molecular formula is C9H19NO5. The molecule has 0 saturated heterocycles. The fourth-order valence-electron chi connectivity index (χ4n) is 0.835. The van der Waals surface area contributed by atoms with Crippen LogP contribution in [0.15, 0.2) is 5.16 Å². The van der Waals surface area contributed by atoms with Crippen molar-refractivity contribution in [2.45, 2.75) is 19.3 Å². The Morgan fingerprint density at radius 1 is 1.40 bits per heavy atom. The van der Waals surface area contributed by atoms with E-state index in [1.54, 1.807) is 7.11 Å². The van der Waals surface area contributed by atoms with E-state index in [2.05, 4.69) is 5.16 Å². The lowest BCUT2D eigenvalue weighted by molar-refractivity contribution is -0.166. The standard InChI is InChI=1S/C9H19NO5/c1-4-14-10-5-8(7-12-2)15-9(6-11)13-3/h5,8-9,11H,4,6-7H2,1-3H3/b10-5-/t8?,9-/m0/s1. The average Bonchev–Trinajstić information content (AvgIpc) is 2.26. The molecule has 1 N–H and O–H groups in total. The Balaban J connectivity index is 4.01. The van der Waals surface area contributed by atoms with Gasteiger partial charge in [-0.2, -0.15) is 0 Å². The second kappa shape index (κ2) is 9.85. The lowest BCUT2D eigenvalue weighted by Gasteiger charge is -2.18. The van der Waals surface area contributed by atoms with E-state index in [0.717, 1.165) is 0 Å². The molecule has 0 aromatic carbocycles. The quantitative estimate of drug-likeness (QED) is 0.337. The highest BCUT2D eigenvalue weighted by atomic mass is 16.7. The first-order valence-corrected chi connectivity index (χ1v) is 4.71. The maximum absolute atomic E-state index is 8.85. The lowest BCUT2D eigenvalue weighted by atomic mass is 10.4. The van der Waals surface area contributed by atoms with E-state index in [1.165, 1.54) is 13.3 Å². The number of oxime groups is 1. The molecule has 0 saturated carbocycles. The molecule has 15 heavy (non-hydrogen) atoms. The molecule has 90 valence electrons. The van der Waals surface area contributed by atoms with Crippen molar-refractivity contribution in [1.82, 2.24) is 0 Å². The van der Waals surface area contributed by atoms with E-state index in [0.29, 0.717) is 13.2 Å². The van der Waals surface area contributed by atoms with Gasteiger partial charge in [-0.3, -0.25) is 0 Å². The topological polar surface area (TPSA) is 69.5 Å². The van der Waals surface area contributed by atoms with Crippen LogP contribution in [-0.2, 0) is 19.0 Å². The minimum absolute atomic E-state index is 0.223. The van der Waals surface area contributed by atoms with E-state index in [-0.39, 0.29) is 6.61 Å². The minimum Gasteiger partial charge on any atom is -0.396 e. The molecule has 0 radical (unpaired) electrons. The fraction of sp³-hybridized carbons (Fsp3) is 0.889. The summed E-state index contributed by atoms with van der Waals surface area (Å²) in [6.07, 6.45) is 0.381. The van der Waals surface area contributed by atoms with Gasteiger partial charge in [-0.05, 0) is 6.92 Å². The first kappa shape index (κ1) is 14.3. The van der Waals surface area contributed by atoms with Gasteiger partial charge in [-0.1, -0.05) is 5.16 Å². The highest BCUT2D eigenvalue weighted by Crippen LogP contribution is 1.98. The molecule has 0 aromatic heterocycles. The molecule has 1 unspecified atom stereocenters. The summed E-state index contributed by atoms with van der Waals surface area (Å²) in [5.41, 5.74) is 0. The van der Waals surface area contributed by atoms with Gasteiger partial charge in [-0.15, -0.1) is 0 Å². The summed E-state index contributed by atoms with van der Waals surface area (Å²) in [5.74, 6) is 0. The van der Waals surface area contributed by atoms with Crippen LogP contribution >= 0.6 is 0 Å². The van der Waals surface area contributed by atoms with Gasteiger partial charge < -0.3 is 24.2 Å². The molecule has 0 aromatic rings. The number of nitrogens with zero attached hydrogens (tertiary/aromatic N) is 1. The Labute approximate surface area is 89.8 Å². The Morgan fingerprint density at radius 2 is 2.13 bits per heavy atom. The van der Waals surface area contributed by atoms with Crippen LogP contribution in [0.5, 0.6) is 0 Å². The summed E-state index contributed by atoms with van der Waals surface area (Å²) < 4.78 is 15.1. The predicted octanol–water partition coefficient (Wildman–Crippen LogP) is 0.00510. The van der Waals surface area contributed by atoms with Crippen LogP contribution in [0.1, 0.15) is 6.92 Å². The van der Waals surface area contributed by atoms with Crippen molar-refractivity contribution < 1.29 is 24.2 Å². The van der Waals surface area contributed by atoms with Crippen molar-refractivity contribution >= 4 is 6.21 Å². The Morgan fingerprint density at radius 3 is 2.60 bits per heavy atom. The third-order valence-corrected chi connectivity index (χ3v) is 1.50. The number of aliphatic hydroxyl groups excluding tert-OH is 1. The molecule has 2 atom stereocenters. The molecule has 6 heteroatoms. The number of rotatable bonds is 9. The van der Waals surface area contributed by atoms with E-state index < -0.39 is 12.4 Å². The van der Waals surface area contributed by atoms with E-state index in [9.17, 15) is 0 Å². The van der Waals surface area contributed by atoms with Crippen molar-refractivity contribution in [2.75, 3.05) is 34.0 Å². The van der Waals surface area contributed by atoms with Crippen LogP contribution < -0.4 is 0 Å². The van der Waals surface area contributed by atoms with E-state index >= 15 is 0 Å². The largest absolute Gasteiger partial charge is 0.396 e. The zero-order valence-corrected chi connectivity index (χ0v) is 9.38. The van der Waals surface area contributed by atoms with Crippen LogP contribution in [0, 0.1) is 0 Å². The van der Waals surface area contributed by atoms with Crippen LogP contribution in [0.3, 0.4) is 0 Å². The summed E-state index contributed by atoms with van der Waals surface area (Å²) in [6.45, 7) is 2.41. The van der Waals surface area contributed by atoms with Gasteiger partial charge in [0, 0.05) is 14.2 Å². The molecule has 0 aliphatic rings. The van der Waals surface area contributed by atoms with Crippen molar-refractivity contribution in [2.24, 2.45) is 5.16 Å². The highest BCUT2D eigenvalue weighted by molar-refractivity contribution is 5.62. The lowest BCUT2D eigenvalue weighted by Crippen LogP contribution is -2.30. The van der Waals surface area contributed by atoms with Crippen molar-refractivity contribution in [3.63, 3.8) is 0 Å². The van der Waals surface area contributed by atoms with Gasteiger partial charge in [0.25, 0.3) is 0 Å². The Hall–Kier alpha value is -0.690. The summed E-state index contributed by atoms with van der Waals surface area (Å²) in [7, 11) is 3.00. The van der Waals surface area contributed by atoms with Gasteiger partial charge in [0.05, 0.1) is 19.4 Å². The predicted molar refractivity (Wildman–Crippen MR) is 54.7 cm³/mol. The van der Waals surface area contributed by atoms with Crippen molar-refractivity contribution in [3.8, 4) is 0 Å². The zero-order chi connectivity index (χ0) is 11.5. The van der Waals surface area contributed by atoms with Crippen molar-refractivity contribution in [3.05, 3.63) is 0 Å². The summed E-state index contributed by atoms with van der Waals surface area (Å²) in [4.78, 5) is 4.79. The number of hydrogen-bond acceptors (Lipinski definition) is 6. The van der Waals surface area contributed by atoms with Gasteiger partial charge in [0.1, 0.15) is 12.7 Å². The third kappa shape index (κ3) is 7.26. The smallest absolute Gasteiger partial charge is 0.181 e. The summed E-state index contributed by atoms with van der Waals surface area (Å²) in [5, 5.41) is 12.5. The monoisotopic (exact) mass is 221 g/mol. The maximum atomic E-state index is 8.85. The molecule has 6 nitrogen and oxygen atoms in total. The highest BCUT2D eigenvalue weighted by Gasteiger charge is 2.13. The number of ether oxygens (including phenoxy) is 3. The van der Waals surface area contributed by atoms with Crippen LogP contribution in [0.2, 0.25) is 0 Å². The summed E-state index contributed by atoms with van der Waals surface area (Å²) in [6, 6.07) is 0. The van der Waals surface area contributed by atoms with Gasteiger partial charge in [0.2, 0.25) is 0 Å². The minimum atomic E-state index is -0.682. The fourth-order valence-corrected chi connectivity index (χ4v) is 0.835. The molecule has 0 aliphatic heterocycles. The number of hydrogen-bond donors (Lipinski definition) is 1. The Kier molecular flexibility index (Phi) is 9.40. The van der Waals surface area contributed by atoms with E-state index in [4.69, 9.17) is 24.2 Å². The first-order valence-electron chi connectivity index (χ1n) is 4.71. The molecule has 0 fully saturated rings. The van der Waals surface area contributed by atoms with Crippen LogP contribution in [0.4, 0.5) is 0 Å². The van der Waals surface area contributed by atoms with E-state index in [1.807, 2.05) is 6.92 Å². The van der Waals surface area contributed by atoms with Gasteiger partial charge >= 0.3 is 0 Å². The summed E-state index contributed by atoms with van der Waals surface area (Å²) >= 11 is 0. The zero-order valence-electron chi connectivity index (χ0n) is 9.38. The molecule has 0 heterocycles. The van der Waals surface area contributed by atoms with Crippen molar-refractivity contribution in [1.29, 1.82) is 0 Å². The second-order valence-corrected chi connectivity index (χ2v) is 2.65. The maximum Gasteiger partial charge on any atom is 0.181 e. The SMILES string of the molecule is CCO/N=C\C(COC)O[C@@H](CO)OC. The van der Waals surface area contributed by atoms with Gasteiger partial charge in [0.15, 0.2) is 6.29 Å². The second-order valence-electron chi connectivity index (χ2n) is 2.65. The molecule has 0 amide bonds. The average molecular weight is 221 g/mol. The number of aliphatic hydroxyl groups is 1. The molecule has 0 spiro atoms. The Bertz CT molecular complexity index is 161. The van der Waals surface area contributed by atoms with Gasteiger partial charge in [-0.25, -0.2) is 0 Å². The van der Waals surface area contributed by atoms with Crippen LogP contribution in [0.25, 0.3) is 0 Å². The molecule has 0 aliphatic carbocycles.